The SMILES string of the molecule is c1ccc2c(c1)c1cc(-c3cncc(-c4cnco4)c3)ccc1c1ccc(-c3cncc(-c4cnco4)c3)cc21. The van der Waals surface area contributed by atoms with E-state index in [9.17, 15) is 0 Å². The van der Waals surface area contributed by atoms with E-state index < -0.39 is 0 Å². The van der Waals surface area contributed by atoms with Crippen molar-refractivity contribution >= 4 is 32.3 Å². The second kappa shape index (κ2) is 8.99. The molecule has 0 radical (unpaired) electrons. The van der Waals surface area contributed by atoms with Gasteiger partial charge in [-0.1, -0.05) is 48.5 Å². The molecule has 4 aromatic carbocycles. The van der Waals surface area contributed by atoms with Gasteiger partial charge in [-0.2, -0.15) is 0 Å². The lowest BCUT2D eigenvalue weighted by molar-refractivity contribution is 0.571. The van der Waals surface area contributed by atoms with E-state index in [0.29, 0.717) is 11.5 Å². The smallest absolute Gasteiger partial charge is 0.181 e. The zero-order valence-corrected chi connectivity index (χ0v) is 21.2. The minimum absolute atomic E-state index is 0.698. The number of fused-ring (bicyclic) bond motifs is 6. The highest BCUT2D eigenvalue weighted by molar-refractivity contribution is 6.26. The van der Waals surface area contributed by atoms with E-state index in [1.54, 1.807) is 24.8 Å². The number of oxazole rings is 2. The lowest BCUT2D eigenvalue weighted by Crippen LogP contribution is -1.88. The summed E-state index contributed by atoms with van der Waals surface area (Å²) in [6.45, 7) is 0. The molecule has 0 unspecified atom stereocenters. The van der Waals surface area contributed by atoms with Gasteiger partial charge in [-0.25, -0.2) is 9.97 Å². The minimum Gasteiger partial charge on any atom is -0.443 e. The molecule has 4 heterocycles. The summed E-state index contributed by atoms with van der Waals surface area (Å²) in [5.41, 5.74) is 6.03. The molecule has 0 atom stereocenters. The molecule has 4 aromatic heterocycles. The van der Waals surface area contributed by atoms with Crippen molar-refractivity contribution in [2.75, 3.05) is 0 Å². The first-order valence-electron chi connectivity index (χ1n) is 12.9. The summed E-state index contributed by atoms with van der Waals surface area (Å²) in [5, 5.41) is 7.22. The van der Waals surface area contributed by atoms with E-state index in [-0.39, 0.29) is 0 Å². The monoisotopic (exact) mass is 516 g/mol. The van der Waals surface area contributed by atoms with E-state index in [1.807, 2.05) is 12.4 Å². The first-order chi connectivity index (χ1) is 19.8. The summed E-state index contributed by atoms with van der Waals surface area (Å²) in [4.78, 5) is 17.0. The highest BCUT2D eigenvalue weighted by atomic mass is 16.3. The molecule has 8 aromatic rings. The summed E-state index contributed by atoms with van der Waals surface area (Å²) in [6.07, 6.45) is 13.6. The lowest BCUT2D eigenvalue weighted by Gasteiger charge is -2.14. The van der Waals surface area contributed by atoms with Gasteiger partial charge in [-0.05, 0) is 67.7 Å². The van der Waals surface area contributed by atoms with Gasteiger partial charge in [0.1, 0.15) is 0 Å². The van der Waals surface area contributed by atoms with Crippen LogP contribution in [0.4, 0.5) is 0 Å². The number of hydrogen-bond acceptors (Lipinski definition) is 6. The maximum Gasteiger partial charge on any atom is 0.181 e. The average Bonchev–Trinajstić information content (AvgIpc) is 3.77. The summed E-state index contributed by atoms with van der Waals surface area (Å²) in [7, 11) is 0. The van der Waals surface area contributed by atoms with E-state index in [0.717, 1.165) is 33.4 Å². The zero-order chi connectivity index (χ0) is 26.5. The number of aromatic nitrogens is 4. The Morgan fingerprint density at radius 2 is 0.800 bits per heavy atom. The van der Waals surface area contributed by atoms with Crippen LogP contribution in [0.2, 0.25) is 0 Å². The molecule has 0 N–H and O–H groups in total. The molecular weight excluding hydrogens is 496 g/mol. The molecule has 0 bridgehead atoms. The predicted molar refractivity (Wildman–Crippen MR) is 156 cm³/mol. The van der Waals surface area contributed by atoms with Crippen LogP contribution in [0.15, 0.2) is 132 Å². The van der Waals surface area contributed by atoms with Crippen molar-refractivity contribution in [2.24, 2.45) is 0 Å². The van der Waals surface area contributed by atoms with E-state index in [4.69, 9.17) is 8.83 Å². The third-order valence-electron chi connectivity index (χ3n) is 7.41. The van der Waals surface area contributed by atoms with Gasteiger partial charge in [0.15, 0.2) is 24.3 Å². The second-order valence-corrected chi connectivity index (χ2v) is 9.72. The van der Waals surface area contributed by atoms with Crippen molar-refractivity contribution in [3.05, 3.63) is 123 Å². The molecule has 0 aliphatic carbocycles. The quantitative estimate of drug-likeness (QED) is 0.218. The Morgan fingerprint density at radius 3 is 1.25 bits per heavy atom. The normalized spacial score (nSPS) is 11.5. The molecule has 0 aliphatic rings. The highest BCUT2D eigenvalue weighted by Crippen LogP contribution is 2.39. The maximum absolute atomic E-state index is 5.49. The van der Waals surface area contributed by atoms with Crippen LogP contribution >= 0.6 is 0 Å². The van der Waals surface area contributed by atoms with Gasteiger partial charge in [0.2, 0.25) is 0 Å². The molecule has 8 rings (SSSR count). The molecular formula is C34H20N4O2. The number of hydrogen-bond donors (Lipinski definition) is 0. The van der Waals surface area contributed by atoms with Gasteiger partial charge >= 0.3 is 0 Å². The van der Waals surface area contributed by atoms with Gasteiger partial charge < -0.3 is 8.83 Å². The van der Waals surface area contributed by atoms with Crippen LogP contribution in [-0.4, -0.2) is 19.9 Å². The number of benzene rings is 4. The van der Waals surface area contributed by atoms with Gasteiger partial charge in [-0.15, -0.1) is 0 Å². The third-order valence-corrected chi connectivity index (χ3v) is 7.41. The van der Waals surface area contributed by atoms with Crippen molar-refractivity contribution in [3.63, 3.8) is 0 Å². The van der Waals surface area contributed by atoms with Crippen LogP contribution < -0.4 is 0 Å². The van der Waals surface area contributed by atoms with Crippen LogP contribution in [-0.2, 0) is 0 Å². The molecule has 0 spiro atoms. The fourth-order valence-electron chi connectivity index (χ4n) is 5.50. The number of pyridine rings is 2. The largest absolute Gasteiger partial charge is 0.443 e. The Labute approximate surface area is 228 Å². The van der Waals surface area contributed by atoms with Gasteiger partial charge in [0.05, 0.1) is 12.4 Å². The molecule has 0 fully saturated rings. The molecule has 6 heteroatoms. The molecule has 0 saturated carbocycles. The number of nitrogens with zero attached hydrogens (tertiary/aromatic N) is 4. The first kappa shape index (κ1) is 22.4. The van der Waals surface area contributed by atoms with Gasteiger partial charge in [0.25, 0.3) is 0 Å². The lowest BCUT2D eigenvalue weighted by atomic mass is 9.90. The molecule has 40 heavy (non-hydrogen) atoms. The van der Waals surface area contributed by atoms with Crippen LogP contribution in [0.3, 0.4) is 0 Å². The summed E-state index contributed by atoms with van der Waals surface area (Å²) < 4.78 is 11.0. The van der Waals surface area contributed by atoms with Crippen molar-refractivity contribution in [1.82, 2.24) is 19.9 Å². The summed E-state index contributed by atoms with van der Waals surface area (Å²) in [6, 6.07) is 26.0. The van der Waals surface area contributed by atoms with Gasteiger partial charge in [-0.3, -0.25) is 9.97 Å². The van der Waals surface area contributed by atoms with Crippen LogP contribution in [0.25, 0.3) is 77.2 Å². The standard InChI is InChI=1S/C34H20N4O2/c1-2-4-28-27(3-1)31-11-21(23-9-25(15-35-13-23)33-17-37-19-39-33)5-7-29(31)30-8-6-22(12-32(28)30)24-10-26(16-36-14-24)34-18-38-20-40-34/h1-20H. The van der Waals surface area contributed by atoms with E-state index >= 15 is 0 Å². The van der Waals surface area contributed by atoms with Crippen molar-refractivity contribution in [3.8, 4) is 44.9 Å². The first-order valence-corrected chi connectivity index (χ1v) is 12.9. The Hall–Kier alpha value is -5.62. The van der Waals surface area contributed by atoms with Crippen molar-refractivity contribution in [1.29, 1.82) is 0 Å². The third kappa shape index (κ3) is 3.66. The molecule has 0 amide bonds. The second-order valence-electron chi connectivity index (χ2n) is 9.72. The fraction of sp³-hybridized carbons (Fsp3) is 0. The van der Waals surface area contributed by atoms with Crippen LogP contribution in [0.5, 0.6) is 0 Å². The minimum atomic E-state index is 0.698. The maximum atomic E-state index is 5.49. The van der Waals surface area contributed by atoms with Gasteiger partial charge in [0, 0.05) is 47.0 Å². The topological polar surface area (TPSA) is 77.8 Å². The Kier molecular flexibility index (Phi) is 5.03. The molecule has 188 valence electrons. The van der Waals surface area contributed by atoms with E-state index in [1.165, 1.54) is 45.1 Å². The summed E-state index contributed by atoms with van der Waals surface area (Å²) in [5.74, 6) is 1.40. The van der Waals surface area contributed by atoms with E-state index in [2.05, 4.69) is 92.7 Å². The number of rotatable bonds is 4. The molecule has 0 aliphatic heterocycles. The van der Waals surface area contributed by atoms with Crippen LogP contribution in [0.1, 0.15) is 0 Å². The Balaban J connectivity index is 1.30. The van der Waals surface area contributed by atoms with Crippen molar-refractivity contribution < 1.29 is 8.83 Å². The summed E-state index contributed by atoms with van der Waals surface area (Å²) >= 11 is 0. The van der Waals surface area contributed by atoms with Crippen molar-refractivity contribution in [2.45, 2.75) is 0 Å². The predicted octanol–water partition coefficient (Wildman–Crippen LogP) is 8.58. The molecule has 6 nitrogen and oxygen atoms in total. The highest BCUT2D eigenvalue weighted by Gasteiger charge is 2.13. The Morgan fingerprint density at radius 1 is 0.350 bits per heavy atom. The fourth-order valence-corrected chi connectivity index (χ4v) is 5.50. The van der Waals surface area contributed by atoms with Crippen LogP contribution in [0, 0.1) is 0 Å². The molecule has 0 saturated heterocycles. The zero-order valence-electron chi connectivity index (χ0n) is 21.2. The average molecular weight is 517 g/mol. The Bertz CT molecular complexity index is 1990.